The molecule has 0 aliphatic carbocycles. The molecule has 7 N–H and O–H groups in total. The Bertz CT molecular complexity index is 1500. The fraction of sp³-hybridized carbons (Fsp3) is 0.652. The number of carbonyl (C=O) groups excluding carboxylic acids is 6. The van der Waals surface area contributed by atoms with Gasteiger partial charge in [0.1, 0.15) is 12.6 Å². The Labute approximate surface area is 365 Å². The van der Waals surface area contributed by atoms with E-state index in [1.54, 1.807) is 52.2 Å². The summed E-state index contributed by atoms with van der Waals surface area (Å²) in [6, 6.07) is 4.29. The van der Waals surface area contributed by atoms with Crippen molar-refractivity contribution in [3.05, 3.63) is 54.1 Å². The molecule has 0 aliphatic rings. The van der Waals surface area contributed by atoms with Crippen LogP contribution in [0.4, 0.5) is 20.1 Å². The molecule has 6 amide bonds. The summed E-state index contributed by atoms with van der Waals surface area (Å²) in [6.07, 6.45) is 21.5. The molecule has 3 atom stereocenters. The normalized spacial score (nSPS) is 12.8. The van der Waals surface area contributed by atoms with Crippen LogP contribution in [-0.4, -0.2) is 98.0 Å². The van der Waals surface area contributed by atoms with Gasteiger partial charge in [0.05, 0.1) is 6.04 Å². The number of nitrogens with two attached hydrogens (primary N) is 2. The topological polar surface area (TPSA) is 215 Å². The van der Waals surface area contributed by atoms with Gasteiger partial charge in [-0.3, -0.25) is 14.4 Å². The van der Waals surface area contributed by atoms with Gasteiger partial charge < -0.3 is 46.7 Å². The lowest BCUT2D eigenvalue weighted by atomic mass is 9.91. The van der Waals surface area contributed by atoms with Crippen molar-refractivity contribution in [2.24, 2.45) is 23.3 Å². The molecule has 0 radical (unpaired) electrons. The second-order valence-corrected chi connectivity index (χ2v) is 16.0. The molecular formula is C46H77N7O8. The number of primary amides is 1. The quantitative estimate of drug-likeness (QED) is 0.0356. The number of allylic oxidation sites excluding steroid dienone is 4. The number of amides is 6. The molecule has 3 unspecified atom stereocenters. The van der Waals surface area contributed by atoms with E-state index in [0.717, 1.165) is 77.0 Å². The maximum Gasteiger partial charge on any atom is 0.409 e. The molecule has 344 valence electrons. The Morgan fingerprint density at radius 3 is 1.95 bits per heavy atom. The van der Waals surface area contributed by atoms with Crippen molar-refractivity contribution in [3.8, 4) is 0 Å². The number of hydrogen-bond acceptors (Lipinski definition) is 9. The average Bonchev–Trinajstić information content (AvgIpc) is 3.24. The molecular weight excluding hydrogens is 779 g/mol. The number of Topliss-reactive ketones (excluding diaryl/α,β-unsaturated/α-hetero) is 1. The first-order chi connectivity index (χ1) is 29.2. The van der Waals surface area contributed by atoms with Crippen LogP contribution in [0.2, 0.25) is 0 Å². The third-order valence-electron chi connectivity index (χ3n) is 10.3. The standard InChI is InChI=1S/C46H77N7O8/c1-7-9-11-13-14-15-16-17-19-21-24-37(23-20-18-12-10-8-2)40(54)34-61-46(59)53(6)32-31-52(5)45(58)60-33-36-26-28-38(29-27-36)50-42(55)39(25-22-30-49-44(48)57)51-43(56)41(47)35(3)4/h9,11,14-15,26-29,35,37,39,41H,7-8,10,12-13,16-25,30-34,47H2,1-6H3,(H,50,55)(H,51,56)(H3,48,49,57). The van der Waals surface area contributed by atoms with Crippen LogP contribution in [0.5, 0.6) is 0 Å². The number of nitrogens with zero attached hydrogens (tertiary/aromatic N) is 2. The zero-order valence-electron chi connectivity index (χ0n) is 37.9. The lowest BCUT2D eigenvalue weighted by molar-refractivity contribution is -0.128. The summed E-state index contributed by atoms with van der Waals surface area (Å²) in [7, 11) is 3.12. The molecule has 0 bridgehead atoms. The smallest absolute Gasteiger partial charge is 0.409 e. The summed E-state index contributed by atoms with van der Waals surface area (Å²) in [5.74, 6) is -1.22. The molecule has 0 spiro atoms. The molecule has 0 aromatic heterocycles. The summed E-state index contributed by atoms with van der Waals surface area (Å²) < 4.78 is 10.9. The minimum Gasteiger partial charge on any atom is -0.445 e. The Hall–Kier alpha value is -4.92. The molecule has 0 aliphatic heterocycles. The van der Waals surface area contributed by atoms with Crippen LogP contribution in [0, 0.1) is 11.8 Å². The van der Waals surface area contributed by atoms with Crippen molar-refractivity contribution in [1.29, 1.82) is 0 Å². The van der Waals surface area contributed by atoms with Crippen molar-refractivity contribution in [1.82, 2.24) is 20.4 Å². The minimum atomic E-state index is -0.908. The van der Waals surface area contributed by atoms with Gasteiger partial charge in [-0.05, 0) is 75.0 Å². The second kappa shape index (κ2) is 32.8. The van der Waals surface area contributed by atoms with E-state index in [2.05, 4.69) is 54.1 Å². The number of hydrogen-bond donors (Lipinski definition) is 5. The van der Waals surface area contributed by atoms with Gasteiger partial charge in [0.25, 0.3) is 0 Å². The van der Waals surface area contributed by atoms with Crippen LogP contribution < -0.4 is 27.4 Å². The molecule has 15 heteroatoms. The lowest BCUT2D eigenvalue weighted by Gasteiger charge is -2.22. The SMILES string of the molecule is CCC=CCC=CCCCCCC(CCCCCCC)C(=O)COC(=O)N(C)CCN(C)C(=O)OCc1ccc(NC(=O)C(CCCNC(N)=O)NC(=O)C(N)C(C)C)cc1. The van der Waals surface area contributed by atoms with Gasteiger partial charge in [0.15, 0.2) is 12.4 Å². The number of rotatable bonds is 32. The Morgan fingerprint density at radius 1 is 0.738 bits per heavy atom. The number of likely N-dealkylation sites (N-methyl/N-ethyl adjacent to an activating group) is 2. The first-order valence-electron chi connectivity index (χ1n) is 22.3. The van der Waals surface area contributed by atoms with Crippen LogP contribution >= 0.6 is 0 Å². The van der Waals surface area contributed by atoms with Crippen LogP contribution in [0.25, 0.3) is 0 Å². The number of unbranched alkanes of at least 4 members (excludes halogenated alkanes) is 7. The summed E-state index contributed by atoms with van der Waals surface area (Å²) in [5.41, 5.74) is 12.2. The number of ketones is 1. The van der Waals surface area contributed by atoms with Gasteiger partial charge >= 0.3 is 18.2 Å². The second-order valence-electron chi connectivity index (χ2n) is 16.0. The maximum absolute atomic E-state index is 13.2. The molecule has 1 aromatic carbocycles. The van der Waals surface area contributed by atoms with E-state index in [1.165, 1.54) is 16.2 Å². The van der Waals surface area contributed by atoms with Gasteiger partial charge in [-0.15, -0.1) is 0 Å². The molecule has 61 heavy (non-hydrogen) atoms. The zero-order valence-corrected chi connectivity index (χ0v) is 37.9. The molecule has 15 nitrogen and oxygen atoms in total. The number of benzene rings is 1. The third kappa shape index (κ3) is 25.5. The number of anilines is 1. The Kier molecular flexibility index (Phi) is 29.1. The third-order valence-corrected chi connectivity index (χ3v) is 10.3. The minimum absolute atomic E-state index is 0.0379. The van der Waals surface area contributed by atoms with E-state index in [4.69, 9.17) is 20.9 Å². The highest BCUT2D eigenvalue weighted by Gasteiger charge is 2.26. The molecule has 0 fully saturated rings. The highest BCUT2D eigenvalue weighted by Crippen LogP contribution is 2.20. The molecule has 0 saturated heterocycles. The van der Waals surface area contributed by atoms with Crippen LogP contribution in [0.1, 0.15) is 130 Å². The van der Waals surface area contributed by atoms with E-state index < -0.39 is 42.1 Å². The Morgan fingerprint density at radius 2 is 1.34 bits per heavy atom. The fourth-order valence-corrected chi connectivity index (χ4v) is 6.22. The number of nitrogens with one attached hydrogen (secondary N) is 3. The number of ether oxygens (including phenoxy) is 2. The largest absolute Gasteiger partial charge is 0.445 e. The lowest BCUT2D eigenvalue weighted by Crippen LogP contribution is -2.51. The Balaban J connectivity index is 2.58. The molecule has 1 rings (SSSR count). The van der Waals surface area contributed by atoms with Gasteiger partial charge in [0, 0.05) is 45.3 Å². The summed E-state index contributed by atoms with van der Waals surface area (Å²) in [6.45, 7) is 8.19. The fourth-order valence-electron chi connectivity index (χ4n) is 6.22. The van der Waals surface area contributed by atoms with Crippen LogP contribution in [-0.2, 0) is 30.5 Å². The van der Waals surface area contributed by atoms with Gasteiger partial charge in [0.2, 0.25) is 11.8 Å². The summed E-state index contributed by atoms with van der Waals surface area (Å²) in [4.78, 5) is 78.2. The highest BCUT2D eigenvalue weighted by atomic mass is 16.6. The van der Waals surface area contributed by atoms with Crippen molar-refractivity contribution < 1.29 is 38.2 Å². The van der Waals surface area contributed by atoms with E-state index in [0.29, 0.717) is 17.7 Å². The van der Waals surface area contributed by atoms with E-state index in [1.807, 2.05) is 0 Å². The first-order valence-corrected chi connectivity index (χ1v) is 22.3. The number of carbonyl (C=O) groups is 6. The van der Waals surface area contributed by atoms with Crippen molar-refractivity contribution in [3.63, 3.8) is 0 Å². The van der Waals surface area contributed by atoms with Crippen molar-refractivity contribution >= 4 is 41.5 Å². The van der Waals surface area contributed by atoms with Crippen molar-refractivity contribution in [2.45, 2.75) is 143 Å². The molecule has 0 heterocycles. The van der Waals surface area contributed by atoms with E-state index in [9.17, 15) is 28.8 Å². The van der Waals surface area contributed by atoms with Crippen molar-refractivity contribution in [2.75, 3.05) is 45.7 Å². The summed E-state index contributed by atoms with van der Waals surface area (Å²) >= 11 is 0. The van der Waals surface area contributed by atoms with Gasteiger partial charge in [-0.25, -0.2) is 14.4 Å². The molecule has 0 saturated carbocycles. The van der Waals surface area contributed by atoms with Gasteiger partial charge in [-0.1, -0.05) is 109 Å². The summed E-state index contributed by atoms with van der Waals surface area (Å²) in [5, 5.41) is 7.94. The highest BCUT2D eigenvalue weighted by molar-refractivity contribution is 5.97. The first kappa shape index (κ1) is 54.1. The number of urea groups is 1. The van der Waals surface area contributed by atoms with Crippen LogP contribution in [0.15, 0.2) is 48.6 Å². The predicted octanol–water partition coefficient (Wildman–Crippen LogP) is 7.59. The average molecular weight is 856 g/mol. The monoisotopic (exact) mass is 856 g/mol. The van der Waals surface area contributed by atoms with Gasteiger partial charge in [-0.2, -0.15) is 0 Å². The zero-order chi connectivity index (χ0) is 45.4. The predicted molar refractivity (Wildman–Crippen MR) is 242 cm³/mol. The molecule has 1 aromatic rings. The van der Waals surface area contributed by atoms with E-state index >= 15 is 0 Å². The van der Waals surface area contributed by atoms with E-state index in [-0.39, 0.29) is 56.9 Å². The maximum atomic E-state index is 13.2. The van der Waals surface area contributed by atoms with Crippen LogP contribution in [0.3, 0.4) is 0 Å².